The highest BCUT2D eigenvalue weighted by Gasteiger charge is 2.49. The average molecular weight is 259 g/mol. The number of hydrogen-bond donors (Lipinski definition) is 2. The summed E-state index contributed by atoms with van der Waals surface area (Å²) in [6.07, 6.45) is 2.41. The number of carboxylic acids is 1. The summed E-state index contributed by atoms with van der Waals surface area (Å²) in [5.74, 6) is -1.15. The summed E-state index contributed by atoms with van der Waals surface area (Å²) < 4.78 is 0. The minimum atomic E-state index is -0.851. The lowest BCUT2D eigenvalue weighted by atomic mass is 9.76. The van der Waals surface area contributed by atoms with E-state index in [9.17, 15) is 9.59 Å². The van der Waals surface area contributed by atoms with E-state index in [2.05, 4.69) is 17.4 Å². The van der Waals surface area contributed by atoms with Crippen molar-refractivity contribution in [3.05, 3.63) is 35.9 Å². The summed E-state index contributed by atoms with van der Waals surface area (Å²) in [4.78, 5) is 22.5. The van der Waals surface area contributed by atoms with Crippen LogP contribution in [0.5, 0.6) is 0 Å². The smallest absolute Gasteiger partial charge is 0.307 e. The zero-order valence-electron chi connectivity index (χ0n) is 10.6. The van der Waals surface area contributed by atoms with E-state index in [4.69, 9.17) is 5.11 Å². The van der Waals surface area contributed by atoms with Crippen LogP contribution in [0.3, 0.4) is 0 Å². The van der Waals surface area contributed by atoms with Crippen LogP contribution in [0.25, 0.3) is 0 Å². The van der Waals surface area contributed by atoms with Crippen LogP contribution in [-0.2, 0) is 9.59 Å². The Balaban J connectivity index is 1.45. The van der Waals surface area contributed by atoms with Crippen LogP contribution < -0.4 is 5.32 Å². The Morgan fingerprint density at radius 3 is 2.32 bits per heavy atom. The molecule has 2 saturated carbocycles. The Hall–Kier alpha value is -1.84. The van der Waals surface area contributed by atoms with E-state index >= 15 is 0 Å². The van der Waals surface area contributed by atoms with Gasteiger partial charge in [-0.05, 0) is 30.7 Å². The first-order valence-corrected chi connectivity index (χ1v) is 6.73. The Morgan fingerprint density at radius 1 is 1.05 bits per heavy atom. The van der Waals surface area contributed by atoms with Crippen molar-refractivity contribution in [1.82, 2.24) is 5.32 Å². The second-order valence-corrected chi connectivity index (χ2v) is 5.57. The number of aliphatic carboxylic acids is 1. The highest BCUT2D eigenvalue weighted by Crippen LogP contribution is 2.41. The largest absolute Gasteiger partial charge is 0.481 e. The molecule has 2 aliphatic rings. The number of carboxylic acid groups (broad SMARTS) is 1. The number of nitrogens with one attached hydrogen (secondary N) is 1. The second kappa shape index (κ2) is 4.68. The minimum Gasteiger partial charge on any atom is -0.481 e. The molecule has 0 heterocycles. The van der Waals surface area contributed by atoms with Gasteiger partial charge < -0.3 is 10.4 Å². The monoisotopic (exact) mass is 259 g/mol. The Kier molecular flexibility index (Phi) is 3.01. The summed E-state index contributed by atoms with van der Waals surface area (Å²) in [6.45, 7) is 0. The third-order valence-corrected chi connectivity index (χ3v) is 4.20. The maximum Gasteiger partial charge on any atom is 0.307 e. The molecule has 0 radical (unpaired) electrons. The van der Waals surface area contributed by atoms with Gasteiger partial charge in [0.25, 0.3) is 0 Å². The van der Waals surface area contributed by atoms with Crippen LogP contribution in [0.2, 0.25) is 0 Å². The lowest BCUT2D eigenvalue weighted by molar-refractivity contribution is -0.140. The molecule has 4 nitrogen and oxygen atoms in total. The van der Waals surface area contributed by atoms with Gasteiger partial charge in [-0.25, -0.2) is 0 Å². The number of hydrogen-bond acceptors (Lipinski definition) is 2. The molecule has 1 amide bonds. The van der Waals surface area contributed by atoms with Gasteiger partial charge in [0.05, 0.1) is 11.8 Å². The van der Waals surface area contributed by atoms with Crippen molar-refractivity contribution in [3.63, 3.8) is 0 Å². The lowest BCUT2D eigenvalue weighted by Gasteiger charge is -2.36. The zero-order chi connectivity index (χ0) is 13.4. The molecule has 2 atom stereocenters. The molecule has 0 aliphatic heterocycles. The van der Waals surface area contributed by atoms with E-state index in [0.29, 0.717) is 12.3 Å². The summed E-state index contributed by atoms with van der Waals surface area (Å²) in [5.41, 5.74) is 1.32. The number of benzene rings is 1. The molecule has 0 bridgehead atoms. The molecule has 1 aromatic carbocycles. The molecule has 19 heavy (non-hydrogen) atoms. The predicted octanol–water partition coefficient (Wildman–Crippen LogP) is 1.77. The first-order valence-electron chi connectivity index (χ1n) is 6.73. The molecular weight excluding hydrogens is 242 g/mol. The summed E-state index contributed by atoms with van der Waals surface area (Å²) in [7, 11) is 0. The Labute approximate surface area is 111 Å². The van der Waals surface area contributed by atoms with E-state index in [-0.39, 0.29) is 17.9 Å². The van der Waals surface area contributed by atoms with Gasteiger partial charge in [-0.2, -0.15) is 0 Å². The first kappa shape index (κ1) is 12.2. The molecule has 4 heteroatoms. The molecule has 0 unspecified atom stereocenters. The zero-order valence-corrected chi connectivity index (χ0v) is 10.6. The van der Waals surface area contributed by atoms with Crippen LogP contribution in [0.4, 0.5) is 0 Å². The van der Waals surface area contributed by atoms with Crippen molar-refractivity contribution in [3.8, 4) is 0 Å². The highest BCUT2D eigenvalue weighted by atomic mass is 16.4. The summed E-state index contributed by atoms with van der Waals surface area (Å²) in [6, 6.07) is 10.5. The van der Waals surface area contributed by atoms with Crippen LogP contribution in [0.1, 0.15) is 30.7 Å². The molecule has 0 saturated heterocycles. The van der Waals surface area contributed by atoms with Gasteiger partial charge in [0.15, 0.2) is 0 Å². The molecular formula is C15H17NO3. The van der Waals surface area contributed by atoms with E-state index in [1.807, 2.05) is 18.2 Å². The number of amides is 1. The van der Waals surface area contributed by atoms with E-state index in [0.717, 1.165) is 12.8 Å². The number of rotatable bonds is 4. The van der Waals surface area contributed by atoms with Gasteiger partial charge in [-0.15, -0.1) is 0 Å². The Bertz CT molecular complexity index is 493. The minimum absolute atomic E-state index is 0.0797. The third kappa shape index (κ3) is 2.48. The van der Waals surface area contributed by atoms with Gasteiger partial charge in [-0.1, -0.05) is 30.3 Å². The topological polar surface area (TPSA) is 66.4 Å². The van der Waals surface area contributed by atoms with Gasteiger partial charge >= 0.3 is 5.97 Å². The maximum absolute atomic E-state index is 11.8. The Morgan fingerprint density at radius 2 is 1.74 bits per heavy atom. The molecule has 1 aromatic rings. The van der Waals surface area contributed by atoms with E-state index < -0.39 is 11.9 Å². The van der Waals surface area contributed by atoms with Crippen molar-refractivity contribution >= 4 is 11.9 Å². The molecule has 0 spiro atoms. The fraction of sp³-hybridized carbons (Fsp3) is 0.467. The molecule has 3 rings (SSSR count). The van der Waals surface area contributed by atoms with Crippen molar-refractivity contribution in [1.29, 1.82) is 0 Å². The van der Waals surface area contributed by atoms with E-state index in [1.54, 1.807) is 0 Å². The fourth-order valence-corrected chi connectivity index (χ4v) is 2.80. The van der Waals surface area contributed by atoms with E-state index in [1.165, 1.54) is 5.56 Å². The molecule has 2 aliphatic carbocycles. The quantitative estimate of drug-likeness (QED) is 0.866. The normalized spacial score (nSPS) is 32.2. The fourth-order valence-electron chi connectivity index (χ4n) is 2.80. The predicted molar refractivity (Wildman–Crippen MR) is 69.6 cm³/mol. The highest BCUT2D eigenvalue weighted by molar-refractivity contribution is 5.89. The van der Waals surface area contributed by atoms with Crippen molar-refractivity contribution < 1.29 is 14.7 Å². The second-order valence-electron chi connectivity index (χ2n) is 5.57. The van der Waals surface area contributed by atoms with Crippen molar-refractivity contribution in [2.75, 3.05) is 0 Å². The van der Waals surface area contributed by atoms with Crippen LogP contribution >= 0.6 is 0 Å². The molecule has 2 fully saturated rings. The molecule has 100 valence electrons. The average Bonchev–Trinajstić information content (AvgIpc) is 3.14. The van der Waals surface area contributed by atoms with Crippen LogP contribution in [0.15, 0.2) is 30.3 Å². The third-order valence-electron chi connectivity index (χ3n) is 4.20. The van der Waals surface area contributed by atoms with Gasteiger partial charge in [-0.3, -0.25) is 9.59 Å². The van der Waals surface area contributed by atoms with Crippen LogP contribution in [-0.4, -0.2) is 23.0 Å². The number of carbonyl (C=O) groups excluding carboxylic acids is 1. The SMILES string of the molecule is O=C(NC1CC(c2ccccc2)C1)[C@H]1C[C@H]1C(=O)O. The van der Waals surface area contributed by atoms with Gasteiger partial charge in [0.1, 0.15) is 0 Å². The van der Waals surface area contributed by atoms with Gasteiger partial charge in [0, 0.05) is 6.04 Å². The summed E-state index contributed by atoms with van der Waals surface area (Å²) >= 11 is 0. The van der Waals surface area contributed by atoms with Crippen molar-refractivity contribution in [2.24, 2.45) is 11.8 Å². The maximum atomic E-state index is 11.8. The van der Waals surface area contributed by atoms with Gasteiger partial charge in [0.2, 0.25) is 5.91 Å². The summed E-state index contributed by atoms with van der Waals surface area (Å²) in [5, 5.41) is 11.7. The molecule has 0 aromatic heterocycles. The number of carbonyl (C=O) groups is 2. The first-order chi connectivity index (χ1) is 9.15. The van der Waals surface area contributed by atoms with Crippen LogP contribution in [0, 0.1) is 11.8 Å². The standard InChI is InChI=1S/C15H17NO3/c17-14(12-8-13(12)15(18)19)16-11-6-10(7-11)9-4-2-1-3-5-9/h1-5,10-13H,6-8H2,(H,16,17)(H,18,19)/t10?,11?,12-,13+/m0/s1. The van der Waals surface area contributed by atoms with Crippen molar-refractivity contribution in [2.45, 2.75) is 31.2 Å². The molecule has 2 N–H and O–H groups in total. The lowest BCUT2D eigenvalue weighted by Crippen LogP contribution is -2.44.